The highest BCUT2D eigenvalue weighted by Crippen LogP contribution is 2.39. The van der Waals surface area contributed by atoms with Crippen LogP contribution in [0.25, 0.3) is 11.4 Å². The molecule has 0 radical (unpaired) electrons. The molecule has 1 aromatic carbocycles. The highest BCUT2D eigenvalue weighted by atomic mass is 19.2. The van der Waals surface area contributed by atoms with E-state index in [2.05, 4.69) is 25.0 Å². The van der Waals surface area contributed by atoms with Gasteiger partial charge in [0.25, 0.3) is 0 Å². The molecule has 0 atom stereocenters. The summed E-state index contributed by atoms with van der Waals surface area (Å²) in [6, 6.07) is 7.47. The first-order valence-corrected chi connectivity index (χ1v) is 14.0. The fourth-order valence-corrected chi connectivity index (χ4v) is 5.57. The van der Waals surface area contributed by atoms with Gasteiger partial charge in [-0.15, -0.1) is 5.10 Å². The minimum atomic E-state index is -0.926. The van der Waals surface area contributed by atoms with Crippen LogP contribution in [-0.2, 0) is 19.3 Å². The summed E-state index contributed by atoms with van der Waals surface area (Å²) in [5.74, 6) is -3.00. The van der Waals surface area contributed by atoms with Gasteiger partial charge >= 0.3 is 5.97 Å². The van der Waals surface area contributed by atoms with Crippen molar-refractivity contribution in [1.29, 1.82) is 0 Å². The number of rotatable bonds is 6. The number of hydrogen-bond donors (Lipinski definition) is 2. The third-order valence-electron chi connectivity index (χ3n) is 7.79. The third-order valence-corrected chi connectivity index (χ3v) is 7.79. The summed E-state index contributed by atoms with van der Waals surface area (Å²) >= 11 is 0. The summed E-state index contributed by atoms with van der Waals surface area (Å²) in [7, 11) is 0. The maximum atomic E-state index is 13.4. The Bertz CT molecular complexity index is 1550. The fraction of sp³-hybridized carbons (Fsp3) is 0.367. The second-order valence-electron chi connectivity index (χ2n) is 10.5. The number of carboxylic acid groups (broad SMARTS) is 1. The zero-order chi connectivity index (χ0) is 29.8. The van der Waals surface area contributed by atoms with Crippen LogP contribution in [0.5, 0.6) is 0 Å². The number of primary amides is 1. The number of benzene rings is 1. The zero-order valence-corrected chi connectivity index (χ0v) is 23.4. The quantitative estimate of drug-likeness (QED) is 0.357. The molecule has 1 amide bonds. The number of aryl methyl sites for hydroxylation is 1. The number of carboxylic acids is 1. The predicted octanol–water partition coefficient (Wildman–Crippen LogP) is 3.22. The molecule has 4 aliphatic rings. The molecular weight excluding hydrogens is 544 g/mol. The molecule has 6 rings (SSSR count). The van der Waals surface area contributed by atoms with Crippen LogP contribution < -0.4 is 10.7 Å². The highest BCUT2D eigenvalue weighted by molar-refractivity contribution is 5.99. The van der Waals surface area contributed by atoms with E-state index >= 15 is 0 Å². The lowest BCUT2D eigenvalue weighted by Crippen LogP contribution is -2.52. The summed E-state index contributed by atoms with van der Waals surface area (Å²) in [6.45, 7) is 5.68. The molecule has 0 unspecified atom stereocenters. The van der Waals surface area contributed by atoms with Crippen molar-refractivity contribution in [1.82, 2.24) is 24.8 Å². The Kier molecular flexibility index (Phi) is 8.72. The summed E-state index contributed by atoms with van der Waals surface area (Å²) < 4.78 is 26.6. The van der Waals surface area contributed by atoms with Crippen LogP contribution in [-0.4, -0.2) is 74.5 Å². The van der Waals surface area contributed by atoms with Crippen molar-refractivity contribution < 1.29 is 23.5 Å². The van der Waals surface area contributed by atoms with E-state index < -0.39 is 23.5 Å². The number of halogens is 2. The molecule has 42 heavy (non-hydrogen) atoms. The van der Waals surface area contributed by atoms with Crippen LogP contribution in [0.3, 0.4) is 0 Å². The van der Waals surface area contributed by atoms with Gasteiger partial charge < -0.3 is 10.8 Å². The summed E-state index contributed by atoms with van der Waals surface area (Å²) in [6.07, 6.45) is 7.21. The molecule has 2 aromatic rings. The number of nitrogens with two attached hydrogens (primary N) is 1. The van der Waals surface area contributed by atoms with Crippen molar-refractivity contribution in [2.45, 2.75) is 39.0 Å². The van der Waals surface area contributed by atoms with Crippen molar-refractivity contribution in [3.8, 4) is 11.4 Å². The maximum absolute atomic E-state index is 13.4. The van der Waals surface area contributed by atoms with Gasteiger partial charge in [-0.25, -0.2) is 18.6 Å². The van der Waals surface area contributed by atoms with Crippen LogP contribution in [0.4, 0.5) is 8.78 Å². The second-order valence-corrected chi connectivity index (χ2v) is 10.5. The van der Waals surface area contributed by atoms with Crippen LogP contribution >= 0.6 is 0 Å². The molecule has 1 saturated heterocycles. The van der Waals surface area contributed by atoms with Gasteiger partial charge in [-0.05, 0) is 80.0 Å². The number of carbonyl (C=O) groups is 2. The van der Waals surface area contributed by atoms with Gasteiger partial charge in [0.2, 0.25) is 5.91 Å². The maximum Gasteiger partial charge on any atom is 0.338 e. The number of hydrogen-bond acceptors (Lipinski definition) is 7. The topological polar surface area (TPSA) is 130 Å². The molecule has 0 saturated carbocycles. The molecule has 220 valence electrons. The smallest absolute Gasteiger partial charge is 0.338 e. The first-order valence-electron chi connectivity index (χ1n) is 14.0. The Hall–Kier alpha value is -4.45. The molecule has 3 N–H and O–H groups in total. The van der Waals surface area contributed by atoms with E-state index in [0.717, 1.165) is 86.5 Å². The van der Waals surface area contributed by atoms with Gasteiger partial charge in [0.1, 0.15) is 17.7 Å². The molecule has 1 fully saturated rings. The van der Waals surface area contributed by atoms with E-state index in [1.165, 1.54) is 24.7 Å². The number of piperazine rings is 1. The van der Waals surface area contributed by atoms with Crippen LogP contribution in [0.1, 0.15) is 55.9 Å². The van der Waals surface area contributed by atoms with E-state index in [0.29, 0.717) is 23.2 Å². The minimum absolute atomic E-state index is 0.330. The van der Waals surface area contributed by atoms with E-state index in [1.54, 1.807) is 18.2 Å². The number of aromatic nitrogens is 4. The molecule has 1 aromatic heterocycles. The lowest BCUT2D eigenvalue weighted by molar-refractivity contribution is 0.0696. The van der Waals surface area contributed by atoms with Crippen LogP contribution in [0.15, 0.2) is 42.9 Å². The third kappa shape index (κ3) is 6.23. The van der Waals surface area contributed by atoms with Crippen molar-refractivity contribution in [3.05, 3.63) is 88.0 Å². The molecule has 3 heterocycles. The number of nitrogens with zero attached hydrogens (tertiary/aromatic N) is 6. The Morgan fingerprint density at radius 1 is 0.976 bits per heavy atom. The second kappa shape index (κ2) is 12.6. The van der Waals surface area contributed by atoms with Gasteiger partial charge in [-0.2, -0.15) is 4.79 Å². The van der Waals surface area contributed by atoms with E-state index in [-0.39, 0.29) is 0 Å². The van der Waals surface area contributed by atoms with Gasteiger partial charge in [-0.3, -0.25) is 19.7 Å². The average Bonchev–Trinajstić information content (AvgIpc) is 3.34. The van der Waals surface area contributed by atoms with Crippen LogP contribution in [0, 0.1) is 18.6 Å². The molecule has 0 spiro atoms. The lowest BCUT2D eigenvalue weighted by Gasteiger charge is -2.37. The normalized spacial score (nSPS) is 15.2. The Balaban J connectivity index is 0.000000300. The number of aromatic carboxylic acids is 1. The Morgan fingerprint density at radius 2 is 1.71 bits per heavy atom. The largest absolute Gasteiger partial charge is 0.478 e. The minimum Gasteiger partial charge on any atom is -0.478 e. The Morgan fingerprint density at radius 3 is 2.36 bits per heavy atom. The molecular formula is C30H33F2N7O3. The zero-order valence-electron chi connectivity index (χ0n) is 23.4. The Labute approximate surface area is 242 Å². The van der Waals surface area contributed by atoms with Crippen molar-refractivity contribution in [3.63, 3.8) is 0 Å². The molecule has 12 heteroatoms. The summed E-state index contributed by atoms with van der Waals surface area (Å²) in [5, 5.41) is 16.4. The van der Waals surface area contributed by atoms with E-state index in [4.69, 9.17) is 5.73 Å². The highest BCUT2D eigenvalue weighted by Gasteiger charge is 2.33. The van der Waals surface area contributed by atoms with Crippen molar-refractivity contribution >= 4 is 11.9 Å². The number of pyridine rings is 1. The number of amides is 1. The van der Waals surface area contributed by atoms with Gasteiger partial charge in [0.15, 0.2) is 11.6 Å². The van der Waals surface area contributed by atoms with E-state index in [9.17, 15) is 23.5 Å². The lowest BCUT2D eigenvalue weighted by atomic mass is 9.93. The summed E-state index contributed by atoms with van der Waals surface area (Å²) in [5.41, 5.74) is 10.8. The predicted molar refractivity (Wildman–Crippen MR) is 152 cm³/mol. The number of carbonyl (C=O) groups excluding carboxylic acids is 1. The monoisotopic (exact) mass is 577 g/mol. The number of fused-ring (bicyclic) bond motifs is 3. The fourth-order valence-electron chi connectivity index (χ4n) is 5.57. The van der Waals surface area contributed by atoms with E-state index in [1.807, 2.05) is 11.7 Å². The molecule has 10 nitrogen and oxygen atoms in total. The standard InChI is InChI=1S/C23H25F2N5O2.C7H8N2O/c24-18-6-5-15(13-19(18)25)7-8-28-9-11-29(12-10-28)30-22-17-4-2-1-3-16(17)20(23(31)32)21(22)26-14-27-30;1-5-2-3-6(4-9-5)7(8)10/h5-6,13-14H,1-4,7-12H2,(H,31,32);2-4H,1H3,(H2,8,10). The van der Waals surface area contributed by atoms with Gasteiger partial charge in [-0.1, -0.05) is 6.07 Å². The first-order chi connectivity index (χ1) is 20.2. The average molecular weight is 578 g/mol. The molecule has 2 aliphatic heterocycles. The van der Waals surface area contributed by atoms with Crippen LogP contribution in [0.2, 0.25) is 0 Å². The van der Waals surface area contributed by atoms with Gasteiger partial charge in [0.05, 0.1) is 11.1 Å². The van der Waals surface area contributed by atoms with Crippen molar-refractivity contribution in [2.24, 2.45) is 5.73 Å². The van der Waals surface area contributed by atoms with Crippen molar-refractivity contribution in [2.75, 3.05) is 37.7 Å². The molecule has 0 bridgehead atoms. The first kappa shape index (κ1) is 29.1. The summed E-state index contributed by atoms with van der Waals surface area (Å²) in [4.78, 5) is 34.9. The SMILES string of the molecule is Cc1ccc(C(N)=O)cn1.O=C(O)c1c2ncnn(N3CCN(CCc4ccc(F)c(F)c4)CC3)c-2c2c1CCCC2. The van der Waals surface area contributed by atoms with Gasteiger partial charge in [0, 0.05) is 44.6 Å². The molecule has 2 aliphatic carbocycles.